The fraction of sp³-hybridized carbons (Fsp3) is 0.333. The van der Waals surface area contributed by atoms with E-state index in [4.69, 9.17) is 16.3 Å². The molecule has 0 bridgehead atoms. The van der Waals surface area contributed by atoms with E-state index >= 15 is 0 Å². The number of anilines is 2. The monoisotopic (exact) mass is 465 g/mol. The van der Waals surface area contributed by atoms with E-state index in [1.165, 1.54) is 20.1 Å². The Hall–Kier alpha value is -2.62. The van der Waals surface area contributed by atoms with Crippen LogP contribution in [0.3, 0.4) is 0 Å². The molecular weight excluding hydrogens is 442 g/mol. The Morgan fingerprint density at radius 2 is 1.97 bits per heavy atom. The van der Waals surface area contributed by atoms with Crippen molar-refractivity contribution < 1.29 is 22.7 Å². The molecule has 2 N–H and O–H groups in total. The standard InChI is InChI=1S/C21H24ClN3O5S/c1-13-10-15-11-17(5-6-19(15)25(13)14(2)26)31(28,29)23-9-8-21(27)24-16-4-7-20(30-3)18(22)12-16/h4-7,11-13,23H,8-10H2,1-3H3,(H,24,27)/t13-/m1/s1. The Morgan fingerprint density at radius 3 is 2.61 bits per heavy atom. The topological polar surface area (TPSA) is 105 Å². The van der Waals surface area contributed by atoms with Gasteiger partial charge in [0.15, 0.2) is 0 Å². The summed E-state index contributed by atoms with van der Waals surface area (Å²) >= 11 is 6.03. The lowest BCUT2D eigenvalue weighted by Gasteiger charge is -2.20. The minimum absolute atomic E-state index is 0.0198. The SMILES string of the molecule is COc1ccc(NC(=O)CCNS(=O)(=O)c2ccc3c(c2)C[C@@H](C)N3C(C)=O)cc1Cl. The second kappa shape index (κ2) is 9.25. The summed E-state index contributed by atoms with van der Waals surface area (Å²) < 4.78 is 32.8. The molecule has 0 unspecified atom stereocenters. The van der Waals surface area contributed by atoms with Gasteiger partial charge in [0.2, 0.25) is 21.8 Å². The highest BCUT2D eigenvalue weighted by Crippen LogP contribution is 2.33. The van der Waals surface area contributed by atoms with Crippen LogP contribution in [0.1, 0.15) is 25.8 Å². The summed E-state index contributed by atoms with van der Waals surface area (Å²) in [4.78, 5) is 25.7. The number of carbonyl (C=O) groups excluding carboxylic acids is 2. The van der Waals surface area contributed by atoms with Gasteiger partial charge in [-0.1, -0.05) is 11.6 Å². The quantitative estimate of drug-likeness (QED) is 0.654. The number of benzene rings is 2. The maximum absolute atomic E-state index is 12.6. The number of sulfonamides is 1. The van der Waals surface area contributed by atoms with E-state index in [2.05, 4.69) is 10.0 Å². The number of carbonyl (C=O) groups is 2. The molecule has 166 valence electrons. The Kier molecular flexibility index (Phi) is 6.88. The van der Waals surface area contributed by atoms with Crippen LogP contribution in [0.25, 0.3) is 0 Å². The summed E-state index contributed by atoms with van der Waals surface area (Å²) in [6, 6.07) is 9.50. The van der Waals surface area contributed by atoms with Crippen molar-refractivity contribution in [3.63, 3.8) is 0 Å². The number of ether oxygens (including phenoxy) is 1. The van der Waals surface area contributed by atoms with Crippen LogP contribution in [0.2, 0.25) is 5.02 Å². The molecule has 1 aliphatic heterocycles. The van der Waals surface area contributed by atoms with E-state index < -0.39 is 10.0 Å². The molecule has 0 saturated heterocycles. The number of methoxy groups -OCH3 is 1. The number of halogens is 1. The lowest BCUT2D eigenvalue weighted by molar-refractivity contribution is -0.117. The van der Waals surface area contributed by atoms with Gasteiger partial charge >= 0.3 is 0 Å². The fourth-order valence-electron chi connectivity index (χ4n) is 3.60. The molecule has 0 radical (unpaired) electrons. The van der Waals surface area contributed by atoms with Crippen LogP contribution >= 0.6 is 11.6 Å². The van der Waals surface area contributed by atoms with Crippen LogP contribution in [0.4, 0.5) is 11.4 Å². The highest BCUT2D eigenvalue weighted by Gasteiger charge is 2.30. The molecule has 2 amide bonds. The van der Waals surface area contributed by atoms with E-state index in [1.54, 1.807) is 35.2 Å². The van der Waals surface area contributed by atoms with Crippen molar-refractivity contribution in [2.24, 2.45) is 0 Å². The maximum Gasteiger partial charge on any atom is 0.240 e. The summed E-state index contributed by atoms with van der Waals surface area (Å²) in [5, 5.41) is 3.02. The number of hydrogen-bond acceptors (Lipinski definition) is 5. The minimum atomic E-state index is -3.79. The molecule has 0 saturated carbocycles. The largest absolute Gasteiger partial charge is 0.495 e. The number of rotatable bonds is 7. The van der Waals surface area contributed by atoms with Crippen LogP contribution in [-0.4, -0.2) is 39.9 Å². The molecule has 0 aromatic heterocycles. The summed E-state index contributed by atoms with van der Waals surface area (Å²) in [6.45, 7) is 3.34. The molecule has 8 nitrogen and oxygen atoms in total. The van der Waals surface area contributed by atoms with Gasteiger partial charge in [0.1, 0.15) is 5.75 Å². The van der Waals surface area contributed by atoms with E-state index in [1.807, 2.05) is 6.92 Å². The summed E-state index contributed by atoms with van der Waals surface area (Å²) in [6.07, 6.45) is 0.536. The lowest BCUT2D eigenvalue weighted by atomic mass is 10.1. The van der Waals surface area contributed by atoms with Crippen molar-refractivity contribution in [3.8, 4) is 5.75 Å². The zero-order valence-corrected chi connectivity index (χ0v) is 19.0. The van der Waals surface area contributed by atoms with Crippen molar-refractivity contribution in [2.45, 2.75) is 37.6 Å². The average molecular weight is 466 g/mol. The number of amides is 2. The first-order valence-electron chi connectivity index (χ1n) is 9.68. The highest BCUT2D eigenvalue weighted by molar-refractivity contribution is 7.89. The van der Waals surface area contributed by atoms with E-state index in [-0.39, 0.29) is 35.7 Å². The third-order valence-electron chi connectivity index (χ3n) is 5.00. The Morgan fingerprint density at radius 1 is 1.23 bits per heavy atom. The van der Waals surface area contributed by atoms with Gasteiger partial charge in [-0.15, -0.1) is 0 Å². The van der Waals surface area contributed by atoms with Crippen molar-refractivity contribution in [1.29, 1.82) is 0 Å². The van der Waals surface area contributed by atoms with Crippen LogP contribution in [0, 0.1) is 0 Å². The second-order valence-electron chi connectivity index (χ2n) is 7.28. The van der Waals surface area contributed by atoms with Gasteiger partial charge in [-0.05, 0) is 55.3 Å². The van der Waals surface area contributed by atoms with E-state index in [0.29, 0.717) is 22.9 Å². The molecule has 0 spiro atoms. The van der Waals surface area contributed by atoms with Gasteiger partial charge in [-0.2, -0.15) is 0 Å². The third kappa shape index (κ3) is 5.17. The highest BCUT2D eigenvalue weighted by atomic mass is 35.5. The number of nitrogens with one attached hydrogen (secondary N) is 2. The third-order valence-corrected chi connectivity index (χ3v) is 6.75. The van der Waals surface area contributed by atoms with Crippen LogP contribution in [-0.2, 0) is 26.0 Å². The smallest absolute Gasteiger partial charge is 0.240 e. The molecule has 1 atom stereocenters. The van der Waals surface area contributed by atoms with Gasteiger partial charge in [0.05, 0.1) is 17.0 Å². The Labute approximate surface area is 186 Å². The molecular formula is C21H24ClN3O5S. The fourth-order valence-corrected chi connectivity index (χ4v) is 4.94. The molecule has 0 fully saturated rings. The number of fused-ring (bicyclic) bond motifs is 1. The van der Waals surface area contributed by atoms with Gasteiger partial charge in [-0.25, -0.2) is 13.1 Å². The van der Waals surface area contributed by atoms with Gasteiger partial charge in [0.25, 0.3) is 0 Å². The van der Waals surface area contributed by atoms with Crippen molar-refractivity contribution in [1.82, 2.24) is 4.72 Å². The van der Waals surface area contributed by atoms with Crippen LogP contribution in [0.5, 0.6) is 5.75 Å². The van der Waals surface area contributed by atoms with Crippen LogP contribution < -0.4 is 19.7 Å². The molecule has 3 rings (SSSR count). The first-order valence-corrected chi connectivity index (χ1v) is 11.5. The summed E-state index contributed by atoms with van der Waals surface area (Å²) in [5.41, 5.74) is 2.03. The number of nitrogens with zero attached hydrogens (tertiary/aromatic N) is 1. The molecule has 2 aromatic carbocycles. The summed E-state index contributed by atoms with van der Waals surface area (Å²) in [5.74, 6) is 0.0514. The first-order chi connectivity index (χ1) is 14.6. The predicted octanol–water partition coefficient (Wildman–Crippen LogP) is 2.95. The Balaban J connectivity index is 1.59. The van der Waals surface area contributed by atoms with Gasteiger partial charge in [0, 0.05) is 37.3 Å². The van der Waals surface area contributed by atoms with Crippen molar-refractivity contribution in [3.05, 3.63) is 47.0 Å². The second-order valence-corrected chi connectivity index (χ2v) is 9.45. The van der Waals surface area contributed by atoms with Crippen molar-refractivity contribution in [2.75, 3.05) is 23.9 Å². The first kappa shape index (κ1) is 23.1. The summed E-state index contributed by atoms with van der Waals surface area (Å²) in [7, 11) is -2.30. The minimum Gasteiger partial charge on any atom is -0.495 e. The Bertz CT molecular complexity index is 1120. The normalized spacial score (nSPS) is 15.5. The lowest BCUT2D eigenvalue weighted by Crippen LogP contribution is -2.33. The van der Waals surface area contributed by atoms with Gasteiger partial charge in [-0.3, -0.25) is 9.59 Å². The van der Waals surface area contributed by atoms with E-state index in [9.17, 15) is 18.0 Å². The molecule has 2 aromatic rings. The molecule has 31 heavy (non-hydrogen) atoms. The predicted molar refractivity (Wildman–Crippen MR) is 119 cm³/mol. The zero-order valence-electron chi connectivity index (χ0n) is 17.4. The average Bonchev–Trinajstić information content (AvgIpc) is 3.03. The maximum atomic E-state index is 12.6. The van der Waals surface area contributed by atoms with Crippen LogP contribution in [0.15, 0.2) is 41.3 Å². The molecule has 1 heterocycles. The molecule has 0 aliphatic carbocycles. The zero-order chi connectivity index (χ0) is 22.8. The molecule has 1 aliphatic rings. The van der Waals surface area contributed by atoms with Crippen molar-refractivity contribution >= 4 is 44.8 Å². The van der Waals surface area contributed by atoms with E-state index in [0.717, 1.165) is 11.3 Å². The number of hydrogen-bond donors (Lipinski definition) is 2. The van der Waals surface area contributed by atoms with Gasteiger partial charge < -0.3 is 15.0 Å². The molecule has 10 heteroatoms.